The largest absolute Gasteiger partial charge is 0.494 e. The smallest absolute Gasteiger partial charge is 0.264 e. The molecule has 0 heterocycles. The minimum absolute atomic E-state index is 0.0690. The van der Waals surface area contributed by atoms with Crippen LogP contribution in [0, 0.1) is 5.82 Å². The molecule has 248 valence electrons. The quantitative estimate of drug-likeness (QED) is 0.146. The van der Waals surface area contributed by atoms with Crippen molar-refractivity contribution < 1.29 is 27.1 Å². The first-order chi connectivity index (χ1) is 22.5. The first-order valence-corrected chi connectivity index (χ1v) is 17.3. The zero-order valence-corrected chi connectivity index (χ0v) is 28.4. The normalized spacial score (nSPS) is 11.9. The fraction of sp³-hybridized carbons (Fsp3) is 0.257. The summed E-state index contributed by atoms with van der Waals surface area (Å²) in [6.45, 7) is 3.79. The van der Waals surface area contributed by atoms with Crippen LogP contribution in [0.3, 0.4) is 0 Å². The Labute approximate surface area is 285 Å². The van der Waals surface area contributed by atoms with Crippen molar-refractivity contribution in [1.29, 1.82) is 0 Å². The van der Waals surface area contributed by atoms with Crippen LogP contribution in [0.15, 0.2) is 102 Å². The number of carbonyl (C=O) groups is 2. The average molecular weight is 701 g/mol. The predicted octanol–water partition coefficient (Wildman–Crippen LogP) is 6.89. The molecule has 0 aliphatic rings. The summed E-state index contributed by atoms with van der Waals surface area (Å²) in [5, 5.41) is 3.48. The summed E-state index contributed by atoms with van der Waals surface area (Å²) in [7, 11) is -4.39. The number of rotatable bonds is 15. The molecule has 4 rings (SSSR count). The topological polar surface area (TPSA) is 96.0 Å². The Morgan fingerprint density at radius 1 is 0.872 bits per heavy atom. The van der Waals surface area contributed by atoms with Crippen LogP contribution < -0.4 is 14.4 Å². The summed E-state index contributed by atoms with van der Waals surface area (Å²) < 4.78 is 48.4. The van der Waals surface area contributed by atoms with Crippen molar-refractivity contribution in [2.45, 2.75) is 44.2 Å². The second-order valence-corrected chi connectivity index (χ2v) is 13.3. The van der Waals surface area contributed by atoms with Gasteiger partial charge in [0.05, 0.1) is 27.2 Å². The van der Waals surface area contributed by atoms with Crippen molar-refractivity contribution in [1.82, 2.24) is 10.2 Å². The summed E-state index contributed by atoms with van der Waals surface area (Å²) in [4.78, 5) is 29.4. The van der Waals surface area contributed by atoms with E-state index in [9.17, 15) is 22.4 Å². The molecule has 0 aromatic heterocycles. The molecule has 4 aromatic rings. The molecule has 0 spiro atoms. The Morgan fingerprint density at radius 3 is 2.17 bits per heavy atom. The summed E-state index contributed by atoms with van der Waals surface area (Å²) in [5.74, 6) is -1.14. The fourth-order valence-corrected chi connectivity index (χ4v) is 6.63. The molecule has 4 aromatic carbocycles. The minimum Gasteiger partial charge on any atom is -0.494 e. The third-order valence-corrected chi connectivity index (χ3v) is 9.80. The van der Waals surface area contributed by atoms with Gasteiger partial charge >= 0.3 is 0 Å². The van der Waals surface area contributed by atoms with Crippen molar-refractivity contribution in [3.63, 3.8) is 0 Å². The molecule has 1 unspecified atom stereocenters. The second-order valence-electron chi connectivity index (χ2n) is 10.7. The van der Waals surface area contributed by atoms with E-state index in [-0.39, 0.29) is 28.6 Å². The maximum absolute atomic E-state index is 14.5. The van der Waals surface area contributed by atoms with Crippen molar-refractivity contribution in [3.05, 3.63) is 124 Å². The van der Waals surface area contributed by atoms with E-state index in [4.69, 9.17) is 27.9 Å². The van der Waals surface area contributed by atoms with E-state index in [1.165, 1.54) is 17.0 Å². The molecule has 12 heteroatoms. The molecule has 0 aliphatic carbocycles. The van der Waals surface area contributed by atoms with Crippen LogP contribution in [0.2, 0.25) is 10.0 Å². The molecule has 0 bridgehead atoms. The first kappa shape index (κ1) is 35.7. The zero-order chi connectivity index (χ0) is 34.0. The molecule has 0 radical (unpaired) electrons. The van der Waals surface area contributed by atoms with Gasteiger partial charge in [0.2, 0.25) is 11.8 Å². The van der Waals surface area contributed by atoms with Gasteiger partial charge in [0.25, 0.3) is 10.0 Å². The lowest BCUT2D eigenvalue weighted by molar-refractivity contribution is -0.140. The number of ether oxygens (including phenoxy) is 1. The van der Waals surface area contributed by atoms with Gasteiger partial charge in [0, 0.05) is 19.5 Å². The van der Waals surface area contributed by atoms with Gasteiger partial charge < -0.3 is 15.0 Å². The summed E-state index contributed by atoms with van der Waals surface area (Å²) in [6, 6.07) is 23.7. The first-order valence-electron chi connectivity index (χ1n) is 15.1. The standard InChI is InChI=1S/C35H36Cl2FN3O5S/c1-3-20-39-35(43)33(22-25-8-6-5-7-9-25)40(23-26-10-19-31(36)32(37)21-26)34(42)24-41(28-13-15-29(16-14-28)46-4-2)47(44,45)30-17-11-27(38)12-18-30/h5-19,21,33H,3-4,20,22-24H2,1-2H3,(H,39,43). The third kappa shape index (κ3) is 9.47. The van der Waals surface area contributed by atoms with Crippen LogP contribution in [-0.2, 0) is 32.6 Å². The van der Waals surface area contributed by atoms with Gasteiger partial charge in [-0.1, -0.05) is 66.5 Å². The van der Waals surface area contributed by atoms with Gasteiger partial charge in [-0.05, 0) is 85.1 Å². The molecular formula is C35H36Cl2FN3O5S. The van der Waals surface area contributed by atoms with Crippen LogP contribution in [-0.4, -0.2) is 50.9 Å². The van der Waals surface area contributed by atoms with Gasteiger partial charge in [-0.15, -0.1) is 0 Å². The number of benzene rings is 4. The number of nitrogens with zero attached hydrogens (tertiary/aromatic N) is 2. The maximum Gasteiger partial charge on any atom is 0.264 e. The number of sulfonamides is 1. The monoisotopic (exact) mass is 699 g/mol. The molecule has 0 aliphatic heterocycles. The Bertz CT molecular complexity index is 1760. The van der Waals surface area contributed by atoms with Crippen molar-refractivity contribution in [3.8, 4) is 5.75 Å². The third-order valence-electron chi connectivity index (χ3n) is 7.27. The molecular weight excluding hydrogens is 664 g/mol. The second kappa shape index (κ2) is 16.6. The van der Waals surface area contributed by atoms with Crippen LogP contribution in [0.25, 0.3) is 0 Å². The predicted molar refractivity (Wildman–Crippen MR) is 183 cm³/mol. The highest BCUT2D eigenvalue weighted by Gasteiger charge is 2.34. The maximum atomic E-state index is 14.5. The fourth-order valence-electron chi connectivity index (χ4n) is 4.89. The Hall–Kier alpha value is -4.12. The number of hydrogen-bond acceptors (Lipinski definition) is 5. The van der Waals surface area contributed by atoms with E-state index in [1.54, 1.807) is 30.3 Å². The Kier molecular flexibility index (Phi) is 12.6. The van der Waals surface area contributed by atoms with Crippen molar-refractivity contribution in [2.24, 2.45) is 0 Å². The van der Waals surface area contributed by atoms with E-state index in [2.05, 4.69) is 5.32 Å². The van der Waals surface area contributed by atoms with E-state index in [1.807, 2.05) is 44.2 Å². The molecule has 0 fully saturated rings. The molecule has 47 heavy (non-hydrogen) atoms. The van der Waals surface area contributed by atoms with Gasteiger partial charge in [0.15, 0.2) is 0 Å². The van der Waals surface area contributed by atoms with Crippen LogP contribution in [0.4, 0.5) is 10.1 Å². The van der Waals surface area contributed by atoms with Crippen LogP contribution in [0.1, 0.15) is 31.4 Å². The number of anilines is 1. The van der Waals surface area contributed by atoms with E-state index < -0.39 is 40.2 Å². The summed E-state index contributed by atoms with van der Waals surface area (Å²) >= 11 is 12.5. The van der Waals surface area contributed by atoms with Gasteiger partial charge in [-0.25, -0.2) is 12.8 Å². The molecule has 1 N–H and O–H groups in total. The number of halogens is 3. The number of amides is 2. The lowest BCUT2D eigenvalue weighted by Gasteiger charge is -2.34. The lowest BCUT2D eigenvalue weighted by Crippen LogP contribution is -2.53. The van der Waals surface area contributed by atoms with E-state index in [0.717, 1.165) is 34.1 Å². The summed E-state index contributed by atoms with van der Waals surface area (Å²) in [6.07, 6.45) is 0.836. The zero-order valence-electron chi connectivity index (χ0n) is 26.0. The van der Waals surface area contributed by atoms with Crippen LogP contribution >= 0.6 is 23.2 Å². The highest BCUT2D eigenvalue weighted by Crippen LogP contribution is 2.28. The van der Waals surface area contributed by atoms with E-state index in [0.29, 0.717) is 35.9 Å². The highest BCUT2D eigenvalue weighted by molar-refractivity contribution is 7.92. The highest BCUT2D eigenvalue weighted by atomic mass is 35.5. The number of carbonyl (C=O) groups excluding carboxylic acids is 2. The Morgan fingerprint density at radius 2 is 1.55 bits per heavy atom. The number of nitrogens with one attached hydrogen (secondary N) is 1. The molecule has 8 nitrogen and oxygen atoms in total. The van der Waals surface area contributed by atoms with Gasteiger partial charge in [0.1, 0.15) is 24.2 Å². The number of hydrogen-bond donors (Lipinski definition) is 1. The lowest BCUT2D eigenvalue weighted by atomic mass is 10.0. The molecule has 2 amide bonds. The summed E-state index contributed by atoms with van der Waals surface area (Å²) in [5.41, 5.74) is 1.57. The Balaban J connectivity index is 1.81. The van der Waals surface area contributed by atoms with E-state index >= 15 is 0 Å². The average Bonchev–Trinajstić information content (AvgIpc) is 3.06. The van der Waals surface area contributed by atoms with Crippen molar-refractivity contribution >= 4 is 50.7 Å². The molecule has 0 saturated heterocycles. The minimum atomic E-state index is -4.39. The SMILES string of the molecule is CCCNC(=O)C(Cc1ccccc1)N(Cc1ccc(Cl)c(Cl)c1)C(=O)CN(c1ccc(OCC)cc1)S(=O)(=O)c1ccc(F)cc1. The molecule has 0 saturated carbocycles. The van der Waals surface area contributed by atoms with Crippen LogP contribution in [0.5, 0.6) is 5.75 Å². The van der Waals surface area contributed by atoms with Gasteiger partial charge in [-0.2, -0.15) is 0 Å². The van der Waals surface area contributed by atoms with Gasteiger partial charge in [-0.3, -0.25) is 13.9 Å². The molecule has 1 atom stereocenters. The van der Waals surface area contributed by atoms with Crippen molar-refractivity contribution in [2.75, 3.05) is 24.0 Å².